The van der Waals surface area contributed by atoms with Crippen LogP contribution in [0.3, 0.4) is 0 Å². The standard InChI is InChI=1S/C11H13NO6S/c13-10(6-8-4-2-1-3-5-8)12-9(11(14)15)7-19(16,17)18/h1-5,9H,6-7H2,(H,12,13)(H,14,15)(H,16,17,18). The van der Waals surface area contributed by atoms with E-state index in [1.807, 2.05) is 5.32 Å². The molecule has 1 aromatic carbocycles. The van der Waals surface area contributed by atoms with Gasteiger partial charge in [0.15, 0.2) is 0 Å². The first-order valence-electron chi connectivity index (χ1n) is 5.29. The van der Waals surface area contributed by atoms with Crippen LogP contribution in [0.25, 0.3) is 0 Å². The van der Waals surface area contributed by atoms with E-state index in [2.05, 4.69) is 0 Å². The van der Waals surface area contributed by atoms with Crippen LogP contribution in [0.2, 0.25) is 0 Å². The Morgan fingerprint density at radius 1 is 1.21 bits per heavy atom. The van der Waals surface area contributed by atoms with Crippen LogP contribution in [0.5, 0.6) is 0 Å². The van der Waals surface area contributed by atoms with Crippen molar-refractivity contribution in [2.75, 3.05) is 5.75 Å². The summed E-state index contributed by atoms with van der Waals surface area (Å²) in [4.78, 5) is 22.3. The Labute approximate surface area is 110 Å². The quantitative estimate of drug-likeness (QED) is 0.617. The van der Waals surface area contributed by atoms with E-state index in [1.165, 1.54) is 0 Å². The van der Waals surface area contributed by atoms with Gasteiger partial charge in [-0.15, -0.1) is 0 Å². The first-order valence-corrected chi connectivity index (χ1v) is 6.90. The number of hydrogen-bond acceptors (Lipinski definition) is 4. The van der Waals surface area contributed by atoms with E-state index in [4.69, 9.17) is 9.66 Å². The van der Waals surface area contributed by atoms with E-state index in [1.54, 1.807) is 30.3 Å². The van der Waals surface area contributed by atoms with Crippen molar-refractivity contribution >= 4 is 22.0 Å². The zero-order valence-electron chi connectivity index (χ0n) is 9.81. The van der Waals surface area contributed by atoms with Gasteiger partial charge in [-0.05, 0) is 5.56 Å². The molecular weight excluding hydrogens is 274 g/mol. The Balaban J connectivity index is 2.65. The Kier molecular flexibility index (Phi) is 5.02. The smallest absolute Gasteiger partial charge is 0.327 e. The number of aliphatic carboxylic acids is 1. The highest BCUT2D eigenvalue weighted by Gasteiger charge is 2.25. The Hall–Kier alpha value is -1.93. The van der Waals surface area contributed by atoms with E-state index < -0.39 is 33.8 Å². The summed E-state index contributed by atoms with van der Waals surface area (Å²) >= 11 is 0. The molecule has 1 atom stereocenters. The van der Waals surface area contributed by atoms with Gasteiger partial charge in [-0.3, -0.25) is 9.35 Å². The van der Waals surface area contributed by atoms with Crippen molar-refractivity contribution < 1.29 is 27.7 Å². The molecule has 1 aromatic rings. The predicted octanol–water partition coefficient (Wildman–Crippen LogP) is -0.314. The fourth-order valence-electron chi connectivity index (χ4n) is 1.41. The van der Waals surface area contributed by atoms with Crippen LogP contribution < -0.4 is 5.32 Å². The number of carboxylic acid groups (broad SMARTS) is 1. The number of nitrogens with one attached hydrogen (secondary N) is 1. The molecule has 3 N–H and O–H groups in total. The number of benzene rings is 1. The van der Waals surface area contributed by atoms with Gasteiger partial charge in [0, 0.05) is 0 Å². The van der Waals surface area contributed by atoms with E-state index in [0.717, 1.165) is 0 Å². The molecule has 0 aliphatic carbocycles. The maximum absolute atomic E-state index is 11.6. The predicted molar refractivity (Wildman–Crippen MR) is 66.1 cm³/mol. The average Bonchev–Trinajstić information content (AvgIpc) is 2.27. The minimum Gasteiger partial charge on any atom is -0.480 e. The van der Waals surface area contributed by atoms with Crippen molar-refractivity contribution in [3.05, 3.63) is 35.9 Å². The molecule has 0 aliphatic heterocycles. The minimum absolute atomic E-state index is 0.0733. The normalized spacial score (nSPS) is 12.7. The summed E-state index contributed by atoms with van der Waals surface area (Å²) in [6, 6.07) is 6.88. The van der Waals surface area contributed by atoms with Gasteiger partial charge in [0.25, 0.3) is 10.1 Å². The van der Waals surface area contributed by atoms with Gasteiger partial charge in [0.2, 0.25) is 5.91 Å². The van der Waals surface area contributed by atoms with Gasteiger partial charge in [0.05, 0.1) is 6.42 Å². The molecule has 0 radical (unpaired) electrons. The third-order valence-corrected chi connectivity index (χ3v) is 2.97. The molecule has 0 aromatic heterocycles. The lowest BCUT2D eigenvalue weighted by Gasteiger charge is -2.12. The molecule has 0 aliphatic rings. The highest BCUT2D eigenvalue weighted by atomic mass is 32.2. The molecule has 0 heterocycles. The Morgan fingerprint density at radius 3 is 2.26 bits per heavy atom. The zero-order chi connectivity index (χ0) is 14.5. The first kappa shape index (κ1) is 15.1. The first-order chi connectivity index (χ1) is 8.78. The van der Waals surface area contributed by atoms with Crippen LogP contribution in [0.4, 0.5) is 0 Å². The van der Waals surface area contributed by atoms with E-state index >= 15 is 0 Å². The fraction of sp³-hybridized carbons (Fsp3) is 0.273. The lowest BCUT2D eigenvalue weighted by atomic mass is 10.1. The van der Waals surface area contributed by atoms with Gasteiger partial charge >= 0.3 is 5.97 Å². The second kappa shape index (κ2) is 6.30. The minimum atomic E-state index is -4.48. The second-order valence-electron chi connectivity index (χ2n) is 3.87. The highest BCUT2D eigenvalue weighted by Crippen LogP contribution is 2.00. The number of amides is 1. The molecule has 1 unspecified atom stereocenters. The number of rotatable bonds is 6. The van der Waals surface area contributed by atoms with Crippen molar-refractivity contribution in [2.45, 2.75) is 12.5 Å². The SMILES string of the molecule is O=C(Cc1ccccc1)NC(CS(=O)(=O)O)C(=O)O. The molecule has 8 heteroatoms. The molecule has 0 bridgehead atoms. The van der Waals surface area contributed by atoms with Crippen molar-refractivity contribution in [1.82, 2.24) is 5.32 Å². The molecule has 104 valence electrons. The summed E-state index contributed by atoms with van der Waals surface area (Å²) in [6.07, 6.45) is -0.0733. The number of hydrogen-bond donors (Lipinski definition) is 3. The second-order valence-corrected chi connectivity index (χ2v) is 5.37. The van der Waals surface area contributed by atoms with Gasteiger partial charge in [-0.2, -0.15) is 8.42 Å². The third kappa shape index (κ3) is 5.98. The van der Waals surface area contributed by atoms with Gasteiger partial charge < -0.3 is 10.4 Å². The van der Waals surface area contributed by atoms with Gasteiger partial charge in [0.1, 0.15) is 11.8 Å². The van der Waals surface area contributed by atoms with Crippen molar-refractivity contribution in [3.63, 3.8) is 0 Å². The van der Waals surface area contributed by atoms with Crippen LogP contribution in [-0.4, -0.2) is 41.7 Å². The number of carbonyl (C=O) groups is 2. The Bertz CT molecular complexity index is 554. The van der Waals surface area contributed by atoms with Crippen LogP contribution in [0.15, 0.2) is 30.3 Å². The lowest BCUT2D eigenvalue weighted by Crippen LogP contribution is -2.45. The molecule has 0 saturated carbocycles. The summed E-state index contributed by atoms with van der Waals surface area (Å²) < 4.78 is 29.9. The van der Waals surface area contributed by atoms with E-state index in [9.17, 15) is 18.0 Å². The number of carbonyl (C=O) groups excluding carboxylic acids is 1. The summed E-state index contributed by atoms with van der Waals surface area (Å²) in [5.41, 5.74) is 0.663. The third-order valence-electron chi connectivity index (χ3n) is 2.22. The molecule has 0 spiro atoms. The molecule has 19 heavy (non-hydrogen) atoms. The Morgan fingerprint density at radius 2 is 1.79 bits per heavy atom. The number of carboxylic acids is 1. The van der Waals surface area contributed by atoms with Crippen molar-refractivity contribution in [3.8, 4) is 0 Å². The monoisotopic (exact) mass is 287 g/mol. The fourth-order valence-corrected chi connectivity index (χ4v) is 2.06. The van der Waals surface area contributed by atoms with Crippen LogP contribution in [0, 0.1) is 0 Å². The zero-order valence-corrected chi connectivity index (χ0v) is 10.6. The van der Waals surface area contributed by atoms with Crippen molar-refractivity contribution in [1.29, 1.82) is 0 Å². The average molecular weight is 287 g/mol. The molecule has 0 saturated heterocycles. The molecule has 0 fully saturated rings. The van der Waals surface area contributed by atoms with E-state index in [-0.39, 0.29) is 6.42 Å². The molecule has 1 rings (SSSR count). The van der Waals surface area contributed by atoms with E-state index in [0.29, 0.717) is 5.56 Å². The molecular formula is C11H13NO6S. The van der Waals surface area contributed by atoms with Gasteiger partial charge in [-0.1, -0.05) is 30.3 Å². The summed E-state index contributed by atoms with van der Waals surface area (Å²) in [5.74, 6) is -3.23. The van der Waals surface area contributed by atoms with Crippen molar-refractivity contribution in [2.24, 2.45) is 0 Å². The molecule has 1 amide bonds. The topological polar surface area (TPSA) is 121 Å². The highest BCUT2D eigenvalue weighted by molar-refractivity contribution is 7.85. The maximum Gasteiger partial charge on any atom is 0.327 e. The van der Waals surface area contributed by atoms with Crippen LogP contribution in [0.1, 0.15) is 5.56 Å². The van der Waals surface area contributed by atoms with Crippen LogP contribution in [-0.2, 0) is 26.1 Å². The summed E-state index contributed by atoms with van der Waals surface area (Å²) in [5, 5.41) is 10.8. The maximum atomic E-state index is 11.6. The van der Waals surface area contributed by atoms with Gasteiger partial charge in [-0.25, -0.2) is 4.79 Å². The van der Waals surface area contributed by atoms with Crippen LogP contribution >= 0.6 is 0 Å². The summed E-state index contributed by atoms with van der Waals surface area (Å²) in [6.45, 7) is 0. The summed E-state index contributed by atoms with van der Waals surface area (Å²) in [7, 11) is -4.48. The molecule has 7 nitrogen and oxygen atoms in total. The lowest BCUT2D eigenvalue weighted by molar-refractivity contribution is -0.141. The largest absolute Gasteiger partial charge is 0.480 e.